The number of nitrogens with one attached hydrogen (secondary N) is 4. The second kappa shape index (κ2) is 17.8. The van der Waals surface area contributed by atoms with Gasteiger partial charge in [-0.15, -0.1) is 0 Å². The minimum atomic E-state index is -1.63. The van der Waals surface area contributed by atoms with Crippen LogP contribution in [0, 0.1) is 17.6 Å². The van der Waals surface area contributed by atoms with E-state index in [1.807, 2.05) is 30.8 Å². The van der Waals surface area contributed by atoms with Crippen molar-refractivity contribution in [3.63, 3.8) is 0 Å². The van der Waals surface area contributed by atoms with Crippen LogP contribution in [0.4, 0.5) is 19.3 Å². The van der Waals surface area contributed by atoms with Gasteiger partial charge in [0.05, 0.1) is 19.3 Å². The zero-order valence-electron chi connectivity index (χ0n) is 35.0. The van der Waals surface area contributed by atoms with E-state index < -0.39 is 95.5 Å². The largest absolute Gasteiger partial charge is 0.391 e. The predicted octanol–water partition coefficient (Wildman–Crippen LogP) is 1.36. The third-order valence-electron chi connectivity index (χ3n) is 12.3. The summed E-state index contributed by atoms with van der Waals surface area (Å²) < 4.78 is 35.9. The van der Waals surface area contributed by atoms with Crippen molar-refractivity contribution >= 4 is 57.9 Å². The lowest BCUT2D eigenvalue weighted by atomic mass is 10.0. The number of fused-ring (bicyclic) bond motifs is 1. The summed E-state index contributed by atoms with van der Waals surface area (Å²) in [6.45, 7) is 5.16. The maximum absolute atomic E-state index is 14.3. The number of ether oxygens (including phenoxy) is 1. The smallest absolute Gasteiger partial charge is 0.319 e. The molecule has 3 aliphatic heterocycles. The van der Waals surface area contributed by atoms with Gasteiger partial charge in [0.2, 0.25) is 29.5 Å². The average Bonchev–Trinajstić information content (AvgIpc) is 3.58. The Balaban J connectivity index is 1.03. The van der Waals surface area contributed by atoms with Crippen molar-refractivity contribution in [2.45, 2.75) is 94.7 Å². The number of rotatable bonds is 12. The number of hydrogen-bond acceptors (Lipinski definition) is 9. The van der Waals surface area contributed by atoms with E-state index in [9.17, 15) is 47.4 Å². The number of carbonyl (C=O) groups excluding carboxylic acids is 7. The summed E-state index contributed by atoms with van der Waals surface area (Å²) in [5, 5.41) is 22.2. The Kier molecular flexibility index (Phi) is 12.7. The molecule has 1 aromatic heterocycles. The van der Waals surface area contributed by atoms with Crippen LogP contribution in [0.1, 0.15) is 52.0 Å². The quantitative estimate of drug-likeness (QED) is 0.178. The van der Waals surface area contributed by atoms with Gasteiger partial charge in [0.15, 0.2) is 5.78 Å². The van der Waals surface area contributed by atoms with Gasteiger partial charge in [-0.2, -0.15) is 0 Å². The Morgan fingerprint density at radius 1 is 0.935 bits per heavy atom. The molecule has 1 unspecified atom stereocenters. The number of nitrogens with zero attached hydrogens (tertiary/aromatic N) is 4. The number of urea groups is 1. The average molecular weight is 863 g/mol. The maximum Gasteiger partial charge on any atom is 0.319 e. The molecule has 0 radical (unpaired) electrons. The van der Waals surface area contributed by atoms with Crippen molar-refractivity contribution in [3.05, 3.63) is 65.9 Å². The standard InChI is InChI=1S/C43H52F2N8O9/c1-23-19-43(20-35(43)55)53(21-23)39(58)24(2)46-38(57)34-22-62-13-12-52(34)40(59)32-6-5-10-51(32)41(60)36(25(3)54)49-37(56)31(16-26-14-28(44)17-29(45)15-26)48-42(61)47-30-8-7-27-9-11-50(4)33(27)18-30/h7-9,11,14-15,17-18,23-25,31-32,34,36,54H,5-6,10,12-13,16,19-22H2,1-4H3,(H,46,57)(H,49,56)(H2,47,48,61)/t23-,24+,25+,31+,32+,34+,36+,43?/m1/s1. The summed E-state index contributed by atoms with van der Waals surface area (Å²) in [5.74, 6) is -5.07. The third kappa shape index (κ3) is 9.13. The second-order valence-corrected chi connectivity index (χ2v) is 17.0. The van der Waals surface area contributed by atoms with Gasteiger partial charge in [-0.25, -0.2) is 13.6 Å². The number of anilines is 1. The van der Waals surface area contributed by atoms with Crippen molar-refractivity contribution in [3.8, 4) is 0 Å². The molecule has 4 aliphatic rings. The number of aliphatic hydroxyl groups is 1. The summed E-state index contributed by atoms with van der Waals surface area (Å²) in [7, 11) is 1.83. The van der Waals surface area contributed by atoms with E-state index in [0.717, 1.165) is 23.0 Å². The molecule has 3 saturated heterocycles. The fourth-order valence-electron chi connectivity index (χ4n) is 9.02. The van der Waals surface area contributed by atoms with E-state index in [0.29, 0.717) is 31.1 Å². The van der Waals surface area contributed by atoms with Crippen LogP contribution in [0.2, 0.25) is 0 Å². The Bertz CT molecular complexity index is 2270. The highest BCUT2D eigenvalue weighted by atomic mass is 19.1. The van der Waals surface area contributed by atoms with Crippen LogP contribution in [0.15, 0.2) is 48.7 Å². The molecule has 332 valence electrons. The van der Waals surface area contributed by atoms with Gasteiger partial charge in [-0.05, 0) is 80.3 Å². The molecule has 7 rings (SSSR count). The number of aryl methyl sites for hydroxylation is 1. The molecule has 4 fully saturated rings. The molecule has 1 aliphatic carbocycles. The van der Waals surface area contributed by atoms with Crippen LogP contribution in [-0.4, -0.2) is 140 Å². The van der Waals surface area contributed by atoms with Crippen molar-refractivity contribution < 1.29 is 52.2 Å². The fraction of sp³-hybridized carbons (Fsp3) is 0.512. The van der Waals surface area contributed by atoms with Gasteiger partial charge in [0.1, 0.15) is 47.4 Å². The monoisotopic (exact) mass is 862 g/mol. The van der Waals surface area contributed by atoms with Gasteiger partial charge < -0.3 is 50.4 Å². The van der Waals surface area contributed by atoms with Gasteiger partial charge in [-0.1, -0.05) is 13.0 Å². The zero-order chi connectivity index (χ0) is 44.6. The molecule has 4 heterocycles. The molecule has 5 N–H and O–H groups in total. The third-order valence-corrected chi connectivity index (χ3v) is 12.3. The Labute approximate surface area is 356 Å². The van der Waals surface area contributed by atoms with Crippen molar-refractivity contribution in [2.75, 3.05) is 38.2 Å². The number of aromatic nitrogens is 1. The lowest BCUT2D eigenvalue weighted by molar-refractivity contribution is -0.156. The molecule has 7 amide bonds. The number of morpholine rings is 1. The van der Waals surface area contributed by atoms with E-state index in [1.165, 1.54) is 23.6 Å². The van der Waals surface area contributed by atoms with Crippen LogP contribution in [0.3, 0.4) is 0 Å². The fourth-order valence-corrected chi connectivity index (χ4v) is 9.02. The number of ketones is 1. The Hall–Kier alpha value is -5.95. The van der Waals surface area contributed by atoms with Crippen LogP contribution in [0.25, 0.3) is 10.9 Å². The van der Waals surface area contributed by atoms with E-state index in [-0.39, 0.29) is 56.4 Å². The SMILES string of the molecule is C[C@H]1CN(C(=O)[C@H](C)NC(=O)[C@@H]2COCCN2C(=O)[C@@H]2CCCN2C(=O)[C@@H](NC(=O)[C@H](Cc2cc(F)cc(F)c2)NC(=O)Nc2ccc3ccn(C)c3c2)[C@H](C)O)C2(CC2=O)C1. The molecular formula is C43H52F2N8O9. The van der Waals surface area contributed by atoms with E-state index in [1.54, 1.807) is 23.1 Å². The van der Waals surface area contributed by atoms with Crippen LogP contribution in [-0.2, 0) is 47.0 Å². The van der Waals surface area contributed by atoms with Gasteiger partial charge in [0.25, 0.3) is 0 Å². The van der Waals surface area contributed by atoms with Gasteiger partial charge in [0, 0.05) is 63.0 Å². The molecule has 3 aromatic rings. The first kappa shape index (κ1) is 44.1. The van der Waals surface area contributed by atoms with E-state index in [2.05, 4.69) is 21.3 Å². The molecular weight excluding hydrogens is 811 g/mol. The molecule has 17 nitrogen and oxygen atoms in total. The number of halogens is 2. The number of benzene rings is 2. The molecule has 1 spiro atoms. The van der Waals surface area contributed by atoms with E-state index in [4.69, 9.17) is 4.74 Å². The van der Waals surface area contributed by atoms with Gasteiger partial charge >= 0.3 is 6.03 Å². The normalized spacial score (nSPS) is 24.1. The molecule has 8 atom stereocenters. The molecule has 2 aromatic carbocycles. The van der Waals surface area contributed by atoms with Gasteiger partial charge in [-0.3, -0.25) is 28.8 Å². The summed E-state index contributed by atoms with van der Waals surface area (Å²) >= 11 is 0. The number of likely N-dealkylation sites (tertiary alicyclic amines) is 2. The van der Waals surface area contributed by atoms with Crippen LogP contribution < -0.4 is 21.3 Å². The van der Waals surface area contributed by atoms with Crippen molar-refractivity contribution in [2.24, 2.45) is 13.0 Å². The lowest BCUT2D eigenvalue weighted by Crippen LogP contribution is -2.63. The molecule has 0 bridgehead atoms. The maximum atomic E-state index is 14.3. The number of amides is 7. The predicted molar refractivity (Wildman–Crippen MR) is 219 cm³/mol. The topological polar surface area (TPSA) is 212 Å². The number of aliphatic hydroxyl groups excluding tert-OH is 1. The molecule has 1 saturated carbocycles. The number of Topliss-reactive ketones (excluding diaryl/α,β-unsaturated/α-hetero) is 1. The minimum Gasteiger partial charge on any atom is -0.391 e. The summed E-state index contributed by atoms with van der Waals surface area (Å²) in [6, 6.07) is 2.52. The van der Waals surface area contributed by atoms with Crippen molar-refractivity contribution in [1.82, 2.24) is 35.2 Å². The number of carbonyl (C=O) groups is 7. The second-order valence-electron chi connectivity index (χ2n) is 17.0. The summed E-state index contributed by atoms with van der Waals surface area (Å²) in [5.41, 5.74) is 0.418. The first-order chi connectivity index (χ1) is 29.4. The van der Waals surface area contributed by atoms with Crippen LogP contribution >= 0.6 is 0 Å². The summed E-state index contributed by atoms with van der Waals surface area (Å²) in [6.07, 6.45) is 1.39. The minimum absolute atomic E-state index is 0.00327. The van der Waals surface area contributed by atoms with Crippen LogP contribution in [0.5, 0.6) is 0 Å². The molecule has 19 heteroatoms. The summed E-state index contributed by atoms with van der Waals surface area (Å²) in [4.78, 5) is 99.4. The van der Waals surface area contributed by atoms with Crippen molar-refractivity contribution in [1.29, 1.82) is 0 Å². The first-order valence-electron chi connectivity index (χ1n) is 20.9. The Morgan fingerprint density at radius 2 is 1.66 bits per heavy atom. The highest BCUT2D eigenvalue weighted by molar-refractivity contribution is 6.09. The first-order valence-corrected chi connectivity index (χ1v) is 20.9. The number of hydrogen-bond donors (Lipinski definition) is 5. The Morgan fingerprint density at radius 3 is 2.35 bits per heavy atom. The highest BCUT2D eigenvalue weighted by Gasteiger charge is 2.63. The zero-order valence-corrected chi connectivity index (χ0v) is 35.0. The lowest BCUT2D eigenvalue weighted by Gasteiger charge is -2.39. The highest BCUT2D eigenvalue weighted by Crippen LogP contribution is 2.48. The van der Waals surface area contributed by atoms with E-state index >= 15 is 0 Å². The molecule has 62 heavy (non-hydrogen) atoms.